The summed E-state index contributed by atoms with van der Waals surface area (Å²) in [7, 11) is 0. The third kappa shape index (κ3) is 3.18. The molecule has 1 aromatic carbocycles. The first-order valence-electron chi connectivity index (χ1n) is 9.14. The lowest BCUT2D eigenvalue weighted by atomic mass is 9.92. The number of urea groups is 1. The van der Waals surface area contributed by atoms with Crippen LogP contribution in [0, 0.1) is 17.8 Å². The number of para-hydroxylation sites is 1. The summed E-state index contributed by atoms with van der Waals surface area (Å²) in [5.41, 5.74) is -1.35. The van der Waals surface area contributed by atoms with Crippen molar-refractivity contribution in [2.45, 2.75) is 37.9 Å². The van der Waals surface area contributed by atoms with Crippen molar-refractivity contribution in [1.82, 2.24) is 10.2 Å². The first kappa shape index (κ1) is 18.6. The van der Waals surface area contributed by atoms with Crippen LogP contribution in [0.5, 0.6) is 0 Å². The molecular weight excluding hydrogens is 375 g/mol. The minimum absolute atomic E-state index is 0.219. The minimum atomic E-state index is -4.61. The number of alkyl halides is 3. The Morgan fingerprint density at radius 2 is 1.86 bits per heavy atom. The van der Waals surface area contributed by atoms with Gasteiger partial charge in [0.15, 0.2) is 5.92 Å². The van der Waals surface area contributed by atoms with Crippen molar-refractivity contribution < 1.29 is 27.6 Å². The molecule has 6 nitrogen and oxygen atoms in total. The summed E-state index contributed by atoms with van der Waals surface area (Å²) < 4.78 is 39.3. The molecule has 2 bridgehead atoms. The highest BCUT2D eigenvalue weighted by atomic mass is 19.4. The van der Waals surface area contributed by atoms with Crippen LogP contribution in [0.1, 0.15) is 31.2 Å². The second-order valence-corrected chi connectivity index (χ2v) is 7.52. The second kappa shape index (κ2) is 6.72. The quantitative estimate of drug-likeness (QED) is 0.632. The first-order valence-corrected chi connectivity index (χ1v) is 9.14. The number of nitrogens with one attached hydrogen (secondary N) is 1. The number of rotatable bonds is 3. The highest BCUT2D eigenvalue weighted by Crippen LogP contribution is 2.47. The smallest absolute Gasteiger partial charge is 0.277 e. The Hall–Kier alpha value is -2.71. The monoisotopic (exact) mass is 393 g/mol. The molecule has 0 spiro atoms. The van der Waals surface area contributed by atoms with Crippen molar-refractivity contribution >= 4 is 29.7 Å². The van der Waals surface area contributed by atoms with E-state index in [1.165, 1.54) is 12.1 Å². The van der Waals surface area contributed by atoms with Gasteiger partial charge in [-0.15, -0.1) is 0 Å². The van der Waals surface area contributed by atoms with Gasteiger partial charge in [0, 0.05) is 12.3 Å². The lowest BCUT2D eigenvalue weighted by molar-refractivity contribution is -0.141. The van der Waals surface area contributed by atoms with Crippen molar-refractivity contribution in [3.8, 4) is 0 Å². The number of nitrogens with zero attached hydrogens (tertiary/aromatic N) is 2. The van der Waals surface area contributed by atoms with Gasteiger partial charge in [-0.25, -0.2) is 4.79 Å². The van der Waals surface area contributed by atoms with Crippen molar-refractivity contribution in [3.63, 3.8) is 0 Å². The Morgan fingerprint density at radius 3 is 2.50 bits per heavy atom. The van der Waals surface area contributed by atoms with Crippen LogP contribution >= 0.6 is 0 Å². The van der Waals surface area contributed by atoms with E-state index in [1.807, 2.05) is 0 Å². The van der Waals surface area contributed by atoms with Crippen LogP contribution in [0.25, 0.3) is 0 Å². The number of barbiturate groups is 1. The molecule has 28 heavy (non-hydrogen) atoms. The van der Waals surface area contributed by atoms with E-state index in [0.29, 0.717) is 12.3 Å². The van der Waals surface area contributed by atoms with Crippen LogP contribution in [0.3, 0.4) is 0 Å². The fraction of sp³-hybridized carbons (Fsp3) is 0.474. The van der Waals surface area contributed by atoms with E-state index in [2.05, 4.69) is 10.3 Å². The molecule has 1 aliphatic heterocycles. The van der Waals surface area contributed by atoms with Crippen molar-refractivity contribution in [1.29, 1.82) is 0 Å². The molecule has 9 heteroatoms. The number of hydrogen-bond acceptors (Lipinski definition) is 4. The maximum atomic E-state index is 13.1. The third-order valence-electron chi connectivity index (χ3n) is 5.84. The zero-order chi connectivity index (χ0) is 20.1. The molecule has 0 aromatic heterocycles. The van der Waals surface area contributed by atoms with E-state index in [9.17, 15) is 27.6 Å². The highest BCUT2D eigenvalue weighted by molar-refractivity contribution is 6.23. The molecule has 0 unspecified atom stereocenters. The number of benzene rings is 1. The molecule has 1 N–H and O–H groups in total. The number of amides is 4. The molecule has 3 fully saturated rings. The SMILES string of the molecule is O=C1NC(=O)N([C@@H]2C[C@H]3CC[C@H]2C3)C(=O)[C@H]1C=Nc1ccccc1C(F)(F)F. The van der Waals surface area contributed by atoms with Gasteiger partial charge in [0.25, 0.3) is 0 Å². The highest BCUT2D eigenvalue weighted by Gasteiger charge is 2.50. The largest absolute Gasteiger partial charge is 0.418 e. The summed E-state index contributed by atoms with van der Waals surface area (Å²) in [6, 6.07) is 3.63. The van der Waals surface area contributed by atoms with Gasteiger partial charge in [-0.2, -0.15) is 13.2 Å². The van der Waals surface area contributed by atoms with Gasteiger partial charge < -0.3 is 0 Å². The van der Waals surface area contributed by atoms with Gasteiger partial charge in [0.1, 0.15) is 0 Å². The number of halogens is 3. The first-order chi connectivity index (χ1) is 13.3. The molecule has 2 aliphatic carbocycles. The maximum Gasteiger partial charge on any atom is 0.418 e. The van der Waals surface area contributed by atoms with E-state index in [4.69, 9.17) is 0 Å². The van der Waals surface area contributed by atoms with Gasteiger partial charge in [0.2, 0.25) is 11.8 Å². The number of fused-ring (bicyclic) bond motifs is 2. The van der Waals surface area contributed by atoms with Crippen molar-refractivity contribution in [3.05, 3.63) is 29.8 Å². The van der Waals surface area contributed by atoms with E-state index in [0.717, 1.165) is 42.5 Å². The molecule has 4 amide bonds. The average Bonchev–Trinajstić information content (AvgIpc) is 3.24. The Kier molecular flexibility index (Phi) is 4.47. The lowest BCUT2D eigenvalue weighted by Gasteiger charge is -2.36. The summed E-state index contributed by atoms with van der Waals surface area (Å²) in [4.78, 5) is 42.1. The van der Waals surface area contributed by atoms with Crippen LogP contribution in [-0.2, 0) is 15.8 Å². The van der Waals surface area contributed by atoms with Gasteiger partial charge in [-0.1, -0.05) is 18.6 Å². The molecule has 4 rings (SSSR count). The topological polar surface area (TPSA) is 78.8 Å². The normalized spacial score (nSPS) is 30.4. The molecule has 4 atom stereocenters. The summed E-state index contributed by atoms with van der Waals surface area (Å²) >= 11 is 0. The van der Waals surface area contributed by atoms with E-state index < -0.39 is 35.5 Å². The maximum absolute atomic E-state index is 13.1. The van der Waals surface area contributed by atoms with Gasteiger partial charge in [-0.3, -0.25) is 24.8 Å². The lowest BCUT2D eigenvalue weighted by Crippen LogP contribution is -2.62. The summed E-state index contributed by atoms with van der Waals surface area (Å²) in [6.07, 6.45) is -0.0557. The van der Waals surface area contributed by atoms with Crippen molar-refractivity contribution in [2.24, 2.45) is 22.7 Å². The predicted molar refractivity (Wildman–Crippen MR) is 92.7 cm³/mol. The number of imide groups is 2. The zero-order valence-electron chi connectivity index (χ0n) is 14.8. The predicted octanol–water partition coefficient (Wildman–Crippen LogP) is 3.29. The molecule has 148 valence electrons. The van der Waals surface area contributed by atoms with Crippen LogP contribution in [0.15, 0.2) is 29.3 Å². The number of hydrogen-bond donors (Lipinski definition) is 1. The zero-order valence-corrected chi connectivity index (χ0v) is 14.8. The van der Waals surface area contributed by atoms with E-state index in [-0.39, 0.29) is 17.6 Å². The molecule has 1 heterocycles. The Balaban J connectivity index is 1.59. The number of carbonyl (C=O) groups excluding carboxylic acids is 3. The average molecular weight is 393 g/mol. The molecule has 1 saturated heterocycles. The Morgan fingerprint density at radius 1 is 1.11 bits per heavy atom. The molecule has 2 saturated carbocycles. The second-order valence-electron chi connectivity index (χ2n) is 7.52. The van der Waals surface area contributed by atoms with Gasteiger partial charge >= 0.3 is 12.2 Å². The molecule has 3 aliphatic rings. The van der Waals surface area contributed by atoms with Crippen LogP contribution in [-0.4, -0.2) is 35.0 Å². The Labute approximate surface area is 158 Å². The molecule has 0 radical (unpaired) electrons. The van der Waals surface area contributed by atoms with Crippen molar-refractivity contribution in [2.75, 3.05) is 0 Å². The fourth-order valence-corrected chi connectivity index (χ4v) is 4.56. The fourth-order valence-electron chi connectivity index (χ4n) is 4.56. The Bertz CT molecular complexity index is 867. The van der Waals surface area contributed by atoms with Crippen LogP contribution in [0.4, 0.5) is 23.7 Å². The molecular formula is C19H18F3N3O3. The number of carbonyl (C=O) groups is 3. The van der Waals surface area contributed by atoms with E-state index in [1.54, 1.807) is 0 Å². The minimum Gasteiger partial charge on any atom is -0.277 e. The summed E-state index contributed by atoms with van der Waals surface area (Å²) in [5.74, 6) is -2.34. The third-order valence-corrected chi connectivity index (χ3v) is 5.84. The standard InChI is InChI=1S/C19H18F3N3O3/c20-19(21,22)13-3-1-2-4-14(13)23-9-12-16(26)24-18(28)25(17(12)27)15-8-10-5-6-11(15)7-10/h1-4,9-12,15H,5-8H2,(H,24,26,28)/t10-,11-,12-,15+/m0/s1. The molecule has 1 aromatic rings. The van der Waals surface area contributed by atoms with E-state index >= 15 is 0 Å². The summed E-state index contributed by atoms with van der Waals surface area (Å²) in [5, 5.41) is 2.14. The van der Waals surface area contributed by atoms with Crippen LogP contribution in [0.2, 0.25) is 0 Å². The van der Waals surface area contributed by atoms with Crippen LogP contribution < -0.4 is 5.32 Å². The van der Waals surface area contributed by atoms with Gasteiger partial charge in [-0.05, 0) is 43.2 Å². The summed E-state index contributed by atoms with van der Waals surface area (Å²) in [6.45, 7) is 0. The number of aliphatic imine (C=N–C) groups is 1. The van der Waals surface area contributed by atoms with Gasteiger partial charge in [0.05, 0.1) is 11.3 Å².